The molecule has 0 aliphatic rings. The Labute approximate surface area is 102 Å². The summed E-state index contributed by atoms with van der Waals surface area (Å²) in [5.41, 5.74) is 1.76. The zero-order chi connectivity index (χ0) is 12.9. The van der Waals surface area contributed by atoms with Gasteiger partial charge in [-0.2, -0.15) is 0 Å². The van der Waals surface area contributed by atoms with Crippen LogP contribution in [-0.4, -0.2) is 26.3 Å². The summed E-state index contributed by atoms with van der Waals surface area (Å²) in [5.74, 6) is -0.100. The third-order valence-electron chi connectivity index (χ3n) is 2.34. The second-order valence-corrected chi connectivity index (χ2v) is 6.36. The summed E-state index contributed by atoms with van der Waals surface area (Å²) >= 11 is 0. The van der Waals surface area contributed by atoms with Crippen molar-refractivity contribution >= 4 is 21.4 Å². The van der Waals surface area contributed by atoms with Crippen LogP contribution in [0, 0.1) is 6.92 Å². The molecule has 1 rings (SSSR count). The lowest BCUT2D eigenvalue weighted by molar-refractivity contribution is -0.116. The smallest absolute Gasteiger partial charge is 0.224 e. The second kappa shape index (κ2) is 5.82. The molecule has 4 nitrogen and oxygen atoms in total. The molecule has 94 valence electrons. The number of hydrogen-bond donors (Lipinski definition) is 1. The highest BCUT2D eigenvalue weighted by atomic mass is 32.2. The largest absolute Gasteiger partial charge is 0.326 e. The molecular formula is C12H17NO3S. The lowest BCUT2D eigenvalue weighted by atomic mass is 10.2. The number of carbonyl (C=O) groups excluding carboxylic acids is 1. The van der Waals surface area contributed by atoms with E-state index in [4.69, 9.17) is 0 Å². The van der Waals surface area contributed by atoms with Crippen molar-refractivity contribution in [1.82, 2.24) is 0 Å². The fourth-order valence-corrected chi connectivity index (χ4v) is 2.09. The topological polar surface area (TPSA) is 63.2 Å². The van der Waals surface area contributed by atoms with E-state index >= 15 is 0 Å². The number of benzene rings is 1. The van der Waals surface area contributed by atoms with Gasteiger partial charge in [-0.1, -0.05) is 18.2 Å². The molecule has 0 radical (unpaired) electrons. The fourth-order valence-electron chi connectivity index (χ4n) is 1.42. The monoisotopic (exact) mass is 255 g/mol. The first-order valence-corrected chi connectivity index (χ1v) is 7.48. The van der Waals surface area contributed by atoms with Gasteiger partial charge in [0.05, 0.1) is 5.75 Å². The van der Waals surface area contributed by atoms with Crippen molar-refractivity contribution < 1.29 is 13.2 Å². The van der Waals surface area contributed by atoms with Crippen LogP contribution < -0.4 is 5.32 Å². The maximum atomic E-state index is 11.5. The van der Waals surface area contributed by atoms with Crippen molar-refractivity contribution in [2.24, 2.45) is 0 Å². The van der Waals surface area contributed by atoms with Gasteiger partial charge >= 0.3 is 0 Å². The Bertz CT molecular complexity index is 494. The molecule has 0 heterocycles. The van der Waals surface area contributed by atoms with Crippen LogP contribution in [0.25, 0.3) is 0 Å². The molecule has 1 N–H and O–H groups in total. The highest BCUT2D eigenvalue weighted by molar-refractivity contribution is 7.90. The Morgan fingerprint density at radius 2 is 1.94 bits per heavy atom. The molecule has 0 aromatic heterocycles. The lowest BCUT2D eigenvalue weighted by Crippen LogP contribution is -2.14. The van der Waals surface area contributed by atoms with Gasteiger partial charge in [0, 0.05) is 18.4 Å². The molecule has 0 unspecified atom stereocenters. The van der Waals surface area contributed by atoms with Gasteiger partial charge in [0.1, 0.15) is 9.84 Å². The van der Waals surface area contributed by atoms with E-state index in [1.807, 2.05) is 31.2 Å². The van der Waals surface area contributed by atoms with Crippen molar-refractivity contribution in [1.29, 1.82) is 0 Å². The van der Waals surface area contributed by atoms with Crippen LogP contribution in [-0.2, 0) is 14.6 Å². The summed E-state index contributed by atoms with van der Waals surface area (Å²) in [7, 11) is -2.98. The van der Waals surface area contributed by atoms with Crippen LogP contribution in [0.2, 0.25) is 0 Å². The predicted molar refractivity (Wildman–Crippen MR) is 68.8 cm³/mol. The number of aryl methyl sites for hydroxylation is 1. The van der Waals surface area contributed by atoms with E-state index in [2.05, 4.69) is 5.32 Å². The molecular weight excluding hydrogens is 238 g/mol. The molecule has 0 saturated heterocycles. The molecule has 1 aromatic rings. The van der Waals surface area contributed by atoms with Gasteiger partial charge in [-0.3, -0.25) is 4.79 Å². The SMILES string of the molecule is Cc1ccccc1NC(=O)CCCS(C)(=O)=O. The van der Waals surface area contributed by atoms with Gasteiger partial charge in [0.2, 0.25) is 5.91 Å². The molecule has 0 atom stereocenters. The van der Waals surface area contributed by atoms with Crippen LogP contribution in [0.15, 0.2) is 24.3 Å². The van der Waals surface area contributed by atoms with Gasteiger partial charge < -0.3 is 5.32 Å². The van der Waals surface area contributed by atoms with Crippen molar-refractivity contribution in [2.75, 3.05) is 17.3 Å². The summed E-state index contributed by atoms with van der Waals surface area (Å²) in [5, 5.41) is 2.76. The molecule has 0 saturated carbocycles. The first kappa shape index (κ1) is 13.7. The minimum Gasteiger partial charge on any atom is -0.326 e. The Balaban J connectivity index is 2.43. The summed E-state index contributed by atoms with van der Waals surface area (Å²) in [6.07, 6.45) is 1.75. The Hall–Kier alpha value is -1.36. The van der Waals surface area contributed by atoms with E-state index in [1.54, 1.807) is 0 Å². The second-order valence-electron chi connectivity index (χ2n) is 4.10. The van der Waals surface area contributed by atoms with Gasteiger partial charge in [-0.05, 0) is 25.0 Å². The predicted octanol–water partition coefficient (Wildman–Crippen LogP) is 1.76. The number of amides is 1. The van der Waals surface area contributed by atoms with E-state index in [-0.39, 0.29) is 18.1 Å². The minimum atomic E-state index is -2.98. The van der Waals surface area contributed by atoms with Crippen molar-refractivity contribution in [3.05, 3.63) is 29.8 Å². The number of para-hydroxylation sites is 1. The number of nitrogens with one attached hydrogen (secondary N) is 1. The van der Waals surface area contributed by atoms with Crippen molar-refractivity contribution in [3.8, 4) is 0 Å². The minimum absolute atomic E-state index is 0.0498. The van der Waals surface area contributed by atoms with Gasteiger partial charge in [-0.15, -0.1) is 0 Å². The summed E-state index contributed by atoms with van der Waals surface area (Å²) in [6.45, 7) is 1.91. The molecule has 0 fully saturated rings. The first-order chi connectivity index (χ1) is 7.88. The highest BCUT2D eigenvalue weighted by Crippen LogP contribution is 2.13. The lowest BCUT2D eigenvalue weighted by Gasteiger charge is -2.07. The third-order valence-corrected chi connectivity index (χ3v) is 3.37. The molecule has 0 aliphatic heterocycles. The average Bonchev–Trinajstić information content (AvgIpc) is 2.19. The highest BCUT2D eigenvalue weighted by Gasteiger charge is 2.07. The van der Waals surface area contributed by atoms with Crippen LogP contribution in [0.4, 0.5) is 5.69 Å². The van der Waals surface area contributed by atoms with E-state index < -0.39 is 9.84 Å². The molecule has 0 aliphatic carbocycles. The standard InChI is InChI=1S/C12H17NO3S/c1-10-6-3-4-7-11(10)13-12(14)8-5-9-17(2,15)16/h3-4,6-7H,5,8-9H2,1-2H3,(H,13,14). The molecule has 0 bridgehead atoms. The van der Waals surface area contributed by atoms with Gasteiger partial charge in [0.15, 0.2) is 0 Å². The maximum absolute atomic E-state index is 11.5. The number of carbonyl (C=O) groups is 1. The summed E-state index contributed by atoms with van der Waals surface area (Å²) in [6, 6.07) is 7.48. The summed E-state index contributed by atoms with van der Waals surface area (Å²) < 4.78 is 21.8. The third kappa shape index (κ3) is 5.49. The average molecular weight is 255 g/mol. The van der Waals surface area contributed by atoms with E-state index in [9.17, 15) is 13.2 Å². The molecule has 1 aromatic carbocycles. The van der Waals surface area contributed by atoms with Gasteiger partial charge in [0.25, 0.3) is 0 Å². The molecule has 1 amide bonds. The summed E-state index contributed by atoms with van der Waals surface area (Å²) in [4.78, 5) is 11.5. The Morgan fingerprint density at radius 1 is 1.29 bits per heavy atom. The van der Waals surface area contributed by atoms with E-state index in [0.717, 1.165) is 11.3 Å². The maximum Gasteiger partial charge on any atom is 0.224 e. The number of rotatable bonds is 5. The Kier molecular flexibility index (Phi) is 4.69. The zero-order valence-electron chi connectivity index (χ0n) is 10.1. The van der Waals surface area contributed by atoms with Crippen molar-refractivity contribution in [2.45, 2.75) is 19.8 Å². The fraction of sp³-hybridized carbons (Fsp3) is 0.417. The normalized spacial score (nSPS) is 11.2. The van der Waals surface area contributed by atoms with E-state index in [0.29, 0.717) is 6.42 Å². The molecule has 0 spiro atoms. The van der Waals surface area contributed by atoms with Crippen LogP contribution in [0.5, 0.6) is 0 Å². The van der Waals surface area contributed by atoms with Crippen LogP contribution in [0.1, 0.15) is 18.4 Å². The van der Waals surface area contributed by atoms with E-state index in [1.165, 1.54) is 6.26 Å². The number of hydrogen-bond acceptors (Lipinski definition) is 3. The quantitative estimate of drug-likeness (QED) is 0.872. The first-order valence-electron chi connectivity index (χ1n) is 5.42. The van der Waals surface area contributed by atoms with Crippen LogP contribution in [0.3, 0.4) is 0 Å². The van der Waals surface area contributed by atoms with Crippen molar-refractivity contribution in [3.63, 3.8) is 0 Å². The van der Waals surface area contributed by atoms with Gasteiger partial charge in [-0.25, -0.2) is 8.42 Å². The number of anilines is 1. The Morgan fingerprint density at radius 3 is 2.53 bits per heavy atom. The number of sulfone groups is 1. The molecule has 17 heavy (non-hydrogen) atoms. The zero-order valence-corrected chi connectivity index (χ0v) is 10.9. The van der Waals surface area contributed by atoms with Crippen LogP contribution >= 0.6 is 0 Å². The molecule has 5 heteroatoms.